The van der Waals surface area contributed by atoms with Gasteiger partial charge in [0.05, 0.1) is 0 Å². The third-order valence-electron chi connectivity index (χ3n) is 3.45. The van der Waals surface area contributed by atoms with Crippen LogP contribution in [0.3, 0.4) is 0 Å². The molecule has 0 radical (unpaired) electrons. The molecule has 0 aliphatic rings. The van der Waals surface area contributed by atoms with Crippen LogP contribution in [-0.4, -0.2) is 29.0 Å². The van der Waals surface area contributed by atoms with Crippen molar-refractivity contribution in [3.05, 3.63) is 65.7 Å². The molecule has 2 aromatic rings. The number of benzene rings is 2. The number of hydrazine groups is 1. The number of alkyl carbamates (subject to hydrolysis) is 1. The largest absolute Gasteiger partial charge is 0.445 e. The number of carbonyl (C=O) groups is 1. The minimum Gasteiger partial charge on any atom is -0.445 e. The summed E-state index contributed by atoms with van der Waals surface area (Å²) in [6.45, 7) is 0.00452. The Morgan fingerprint density at radius 2 is 1.75 bits per heavy atom. The highest BCUT2D eigenvalue weighted by molar-refractivity contribution is 5.67. The van der Waals surface area contributed by atoms with E-state index in [0.29, 0.717) is 11.3 Å². The minimum absolute atomic E-state index is 0.133. The normalized spacial score (nSPS) is 13.0. The van der Waals surface area contributed by atoms with E-state index in [0.717, 1.165) is 5.56 Å². The molecule has 0 aliphatic carbocycles. The highest BCUT2D eigenvalue weighted by atomic mass is 16.5. The molecule has 0 aliphatic heterocycles. The average molecular weight is 331 g/mol. The highest BCUT2D eigenvalue weighted by Crippen LogP contribution is 2.18. The molecule has 0 heterocycles. The van der Waals surface area contributed by atoms with Gasteiger partial charge in [-0.2, -0.15) is 0 Å². The molecule has 0 spiro atoms. The van der Waals surface area contributed by atoms with Gasteiger partial charge in [0.25, 0.3) is 0 Å². The van der Waals surface area contributed by atoms with Crippen LogP contribution in [0.5, 0.6) is 0 Å². The SMILES string of the molecule is NNc1ccc(C(O)C(O)CNC(=O)OCc2ccccc2)cc1. The van der Waals surface area contributed by atoms with Crippen LogP contribution in [0.15, 0.2) is 54.6 Å². The molecule has 6 N–H and O–H groups in total. The second-order valence-corrected chi connectivity index (χ2v) is 5.22. The molecular formula is C17H21N3O4. The molecule has 2 atom stereocenters. The Kier molecular flexibility index (Phi) is 6.56. The Balaban J connectivity index is 1.76. The summed E-state index contributed by atoms with van der Waals surface area (Å²) in [5.41, 5.74) is 4.53. The maximum absolute atomic E-state index is 11.6. The van der Waals surface area contributed by atoms with E-state index in [4.69, 9.17) is 10.6 Å². The van der Waals surface area contributed by atoms with Crippen LogP contribution in [0.1, 0.15) is 17.2 Å². The molecule has 7 nitrogen and oxygen atoms in total. The monoisotopic (exact) mass is 331 g/mol. The van der Waals surface area contributed by atoms with Crippen molar-refractivity contribution in [3.8, 4) is 0 Å². The first-order valence-electron chi connectivity index (χ1n) is 7.47. The fraction of sp³-hybridized carbons (Fsp3) is 0.235. The van der Waals surface area contributed by atoms with Crippen LogP contribution in [0.25, 0.3) is 0 Å². The molecular weight excluding hydrogens is 310 g/mol. The Morgan fingerprint density at radius 1 is 1.08 bits per heavy atom. The van der Waals surface area contributed by atoms with Gasteiger partial charge < -0.3 is 25.7 Å². The van der Waals surface area contributed by atoms with E-state index in [1.165, 1.54) is 0 Å². The molecule has 0 saturated heterocycles. The summed E-state index contributed by atoms with van der Waals surface area (Å²) >= 11 is 0. The number of amides is 1. The fourth-order valence-electron chi connectivity index (χ4n) is 2.07. The second-order valence-electron chi connectivity index (χ2n) is 5.22. The Labute approximate surface area is 140 Å². The number of aliphatic hydroxyl groups excluding tert-OH is 2. The number of nitrogens with one attached hydrogen (secondary N) is 2. The lowest BCUT2D eigenvalue weighted by Gasteiger charge is -2.19. The summed E-state index contributed by atoms with van der Waals surface area (Å²) in [5, 5.41) is 22.5. The number of nitrogen functional groups attached to an aromatic ring is 1. The average Bonchev–Trinajstić information content (AvgIpc) is 2.64. The van der Waals surface area contributed by atoms with Gasteiger partial charge in [0, 0.05) is 12.2 Å². The predicted molar refractivity (Wildman–Crippen MR) is 89.8 cm³/mol. The number of nitrogens with two attached hydrogens (primary N) is 1. The lowest BCUT2D eigenvalue weighted by molar-refractivity contribution is 0.0184. The third-order valence-corrected chi connectivity index (χ3v) is 3.45. The van der Waals surface area contributed by atoms with Crippen LogP contribution in [-0.2, 0) is 11.3 Å². The van der Waals surface area contributed by atoms with Crippen molar-refractivity contribution in [2.45, 2.75) is 18.8 Å². The highest BCUT2D eigenvalue weighted by Gasteiger charge is 2.19. The van der Waals surface area contributed by atoms with Crippen LogP contribution < -0.4 is 16.6 Å². The second kappa shape index (κ2) is 8.88. The molecule has 0 bridgehead atoms. The molecule has 2 rings (SSSR count). The maximum atomic E-state index is 11.6. The topological polar surface area (TPSA) is 117 Å². The first-order chi connectivity index (χ1) is 11.6. The molecule has 0 fully saturated rings. The van der Waals surface area contributed by atoms with Gasteiger partial charge in [-0.05, 0) is 23.3 Å². The first-order valence-corrected chi connectivity index (χ1v) is 7.47. The Hall–Kier alpha value is -2.61. The lowest BCUT2D eigenvalue weighted by atomic mass is 10.0. The van der Waals surface area contributed by atoms with Crippen molar-refractivity contribution in [1.82, 2.24) is 5.32 Å². The van der Waals surface area contributed by atoms with E-state index < -0.39 is 18.3 Å². The standard InChI is InChI=1S/C17H21N3O4/c18-20-14-8-6-13(7-9-14)16(22)15(21)10-19-17(23)24-11-12-4-2-1-3-5-12/h1-9,15-16,20-22H,10-11,18H2,(H,19,23). The summed E-state index contributed by atoms with van der Waals surface area (Å²) < 4.78 is 5.03. The van der Waals surface area contributed by atoms with Crippen LogP contribution in [0.4, 0.5) is 10.5 Å². The van der Waals surface area contributed by atoms with Gasteiger partial charge in [0.2, 0.25) is 0 Å². The van der Waals surface area contributed by atoms with Crippen molar-refractivity contribution >= 4 is 11.8 Å². The van der Waals surface area contributed by atoms with E-state index in [1.807, 2.05) is 30.3 Å². The Morgan fingerprint density at radius 3 is 2.38 bits per heavy atom. The summed E-state index contributed by atoms with van der Waals surface area (Å²) in [7, 11) is 0. The number of carbonyl (C=O) groups excluding carboxylic acids is 1. The quantitative estimate of drug-likeness (QED) is 0.386. The number of anilines is 1. The van der Waals surface area contributed by atoms with Gasteiger partial charge in [-0.25, -0.2) is 4.79 Å². The van der Waals surface area contributed by atoms with Gasteiger partial charge in [0.1, 0.15) is 18.8 Å². The van der Waals surface area contributed by atoms with Crippen LogP contribution in [0.2, 0.25) is 0 Å². The van der Waals surface area contributed by atoms with E-state index in [-0.39, 0.29) is 13.2 Å². The van der Waals surface area contributed by atoms with Gasteiger partial charge in [-0.3, -0.25) is 5.84 Å². The molecule has 1 amide bonds. The van der Waals surface area contributed by atoms with Crippen LogP contribution >= 0.6 is 0 Å². The number of aliphatic hydroxyl groups is 2. The van der Waals surface area contributed by atoms with Crippen molar-refractivity contribution < 1.29 is 19.7 Å². The zero-order chi connectivity index (χ0) is 17.4. The number of rotatable bonds is 7. The molecule has 0 aromatic heterocycles. The Bertz CT molecular complexity index is 634. The zero-order valence-corrected chi connectivity index (χ0v) is 13.1. The van der Waals surface area contributed by atoms with E-state index in [2.05, 4.69) is 10.7 Å². The van der Waals surface area contributed by atoms with Crippen molar-refractivity contribution in [3.63, 3.8) is 0 Å². The smallest absolute Gasteiger partial charge is 0.407 e. The number of ether oxygens (including phenoxy) is 1. The molecule has 2 unspecified atom stereocenters. The van der Waals surface area contributed by atoms with E-state index in [9.17, 15) is 15.0 Å². The zero-order valence-electron chi connectivity index (χ0n) is 13.1. The molecule has 24 heavy (non-hydrogen) atoms. The molecule has 0 saturated carbocycles. The van der Waals surface area contributed by atoms with Gasteiger partial charge in [-0.1, -0.05) is 42.5 Å². The van der Waals surface area contributed by atoms with E-state index >= 15 is 0 Å². The molecule has 7 heteroatoms. The minimum atomic E-state index is -1.16. The van der Waals surface area contributed by atoms with Crippen molar-refractivity contribution in [2.24, 2.45) is 5.84 Å². The van der Waals surface area contributed by atoms with Crippen LogP contribution in [0, 0.1) is 0 Å². The van der Waals surface area contributed by atoms with Gasteiger partial charge >= 0.3 is 6.09 Å². The molecule has 2 aromatic carbocycles. The summed E-state index contributed by atoms with van der Waals surface area (Å²) in [6.07, 6.45) is -2.95. The number of hydrogen-bond donors (Lipinski definition) is 5. The summed E-state index contributed by atoms with van der Waals surface area (Å²) in [5.74, 6) is 5.26. The first kappa shape index (κ1) is 17.7. The summed E-state index contributed by atoms with van der Waals surface area (Å²) in [6, 6.07) is 15.9. The van der Waals surface area contributed by atoms with Crippen molar-refractivity contribution in [1.29, 1.82) is 0 Å². The summed E-state index contributed by atoms with van der Waals surface area (Å²) in [4.78, 5) is 11.6. The van der Waals surface area contributed by atoms with E-state index in [1.54, 1.807) is 24.3 Å². The molecule has 128 valence electrons. The van der Waals surface area contributed by atoms with Crippen molar-refractivity contribution in [2.75, 3.05) is 12.0 Å². The lowest BCUT2D eigenvalue weighted by Crippen LogP contribution is -2.35. The third kappa shape index (κ3) is 5.24. The van der Waals surface area contributed by atoms with Gasteiger partial charge in [0.15, 0.2) is 0 Å². The fourth-order valence-corrected chi connectivity index (χ4v) is 2.07. The maximum Gasteiger partial charge on any atom is 0.407 e. The van der Waals surface area contributed by atoms with Gasteiger partial charge in [-0.15, -0.1) is 0 Å². The predicted octanol–water partition coefficient (Wildman–Crippen LogP) is 1.29. The number of hydrogen-bond acceptors (Lipinski definition) is 6.